The van der Waals surface area contributed by atoms with Gasteiger partial charge in [0.1, 0.15) is 5.78 Å². The van der Waals surface area contributed by atoms with E-state index >= 15 is 0 Å². The van der Waals surface area contributed by atoms with Crippen LogP contribution in [0.5, 0.6) is 0 Å². The number of hydrogen-bond acceptors (Lipinski definition) is 3. The molecule has 1 heterocycles. The van der Waals surface area contributed by atoms with Gasteiger partial charge in [-0.2, -0.15) is 4.31 Å². The Morgan fingerprint density at radius 2 is 1.39 bits per heavy atom. The van der Waals surface area contributed by atoms with E-state index in [1.165, 1.54) is 0 Å². The monoisotopic (exact) mass is 433 g/mol. The van der Waals surface area contributed by atoms with Gasteiger partial charge in [0.25, 0.3) is 0 Å². The minimum Gasteiger partial charge on any atom is -0.299 e. The SMILES string of the molecule is CCC1C(=O)CC(c2ccccc2)N(S(=O)(=O)c2ccc(C)cc2)C1c1ccccc1. The Labute approximate surface area is 184 Å². The minimum atomic E-state index is -3.86. The molecule has 0 radical (unpaired) electrons. The van der Waals surface area contributed by atoms with Gasteiger partial charge in [0.2, 0.25) is 10.0 Å². The zero-order valence-electron chi connectivity index (χ0n) is 17.8. The molecule has 0 amide bonds. The van der Waals surface area contributed by atoms with Crippen molar-refractivity contribution in [1.82, 2.24) is 4.31 Å². The lowest BCUT2D eigenvalue weighted by molar-refractivity contribution is -0.129. The average molecular weight is 434 g/mol. The number of benzene rings is 3. The molecule has 3 unspecified atom stereocenters. The summed E-state index contributed by atoms with van der Waals surface area (Å²) >= 11 is 0. The second-order valence-corrected chi connectivity index (χ2v) is 9.96. The van der Waals surface area contributed by atoms with E-state index in [1.807, 2.05) is 86.6 Å². The molecular formula is C26H27NO3S. The number of aryl methyl sites for hydroxylation is 1. The standard InChI is InChI=1S/C26H27NO3S/c1-3-23-25(28)18-24(20-10-6-4-7-11-20)27(26(23)21-12-8-5-9-13-21)31(29,30)22-16-14-19(2)15-17-22/h4-17,23-24,26H,3,18H2,1-2H3. The van der Waals surface area contributed by atoms with Crippen molar-refractivity contribution in [3.8, 4) is 0 Å². The molecule has 0 spiro atoms. The van der Waals surface area contributed by atoms with E-state index in [1.54, 1.807) is 16.4 Å². The van der Waals surface area contributed by atoms with Gasteiger partial charge in [0.15, 0.2) is 0 Å². The third-order valence-corrected chi connectivity index (χ3v) is 8.04. The molecule has 1 aliphatic heterocycles. The molecule has 3 aromatic rings. The summed E-state index contributed by atoms with van der Waals surface area (Å²) in [6, 6.07) is 24.9. The first-order valence-corrected chi connectivity index (χ1v) is 12.1. The van der Waals surface area contributed by atoms with E-state index in [-0.39, 0.29) is 23.0 Å². The summed E-state index contributed by atoms with van der Waals surface area (Å²) in [5, 5.41) is 0. The van der Waals surface area contributed by atoms with Crippen LogP contribution in [0.3, 0.4) is 0 Å². The Bertz CT molecular complexity index is 1140. The molecule has 0 aliphatic carbocycles. The van der Waals surface area contributed by atoms with Crippen LogP contribution >= 0.6 is 0 Å². The minimum absolute atomic E-state index is 0.112. The summed E-state index contributed by atoms with van der Waals surface area (Å²) in [6.07, 6.45) is 0.761. The van der Waals surface area contributed by atoms with Crippen molar-refractivity contribution in [3.05, 3.63) is 102 Å². The zero-order chi connectivity index (χ0) is 22.0. The number of ketones is 1. The van der Waals surface area contributed by atoms with E-state index in [9.17, 15) is 13.2 Å². The van der Waals surface area contributed by atoms with Gasteiger partial charge in [-0.05, 0) is 36.6 Å². The molecular weight excluding hydrogens is 406 g/mol. The van der Waals surface area contributed by atoms with Crippen molar-refractivity contribution < 1.29 is 13.2 Å². The fourth-order valence-corrected chi connectivity index (χ4v) is 6.37. The highest BCUT2D eigenvalue weighted by molar-refractivity contribution is 7.89. The second kappa shape index (κ2) is 8.77. The van der Waals surface area contributed by atoms with Crippen LogP contribution in [0, 0.1) is 12.8 Å². The number of rotatable bonds is 5. The number of piperidine rings is 1. The van der Waals surface area contributed by atoms with E-state index in [4.69, 9.17) is 0 Å². The molecule has 3 atom stereocenters. The van der Waals surface area contributed by atoms with Crippen LogP contribution in [-0.2, 0) is 14.8 Å². The molecule has 1 fully saturated rings. The highest BCUT2D eigenvalue weighted by atomic mass is 32.2. The van der Waals surface area contributed by atoms with Crippen LogP contribution in [0.2, 0.25) is 0 Å². The van der Waals surface area contributed by atoms with Crippen LogP contribution in [-0.4, -0.2) is 18.5 Å². The summed E-state index contributed by atoms with van der Waals surface area (Å²) in [5.74, 6) is -0.275. The second-order valence-electron chi connectivity index (χ2n) is 8.12. The summed E-state index contributed by atoms with van der Waals surface area (Å²) in [7, 11) is -3.86. The van der Waals surface area contributed by atoms with Gasteiger partial charge in [-0.25, -0.2) is 8.42 Å². The first kappa shape index (κ1) is 21.5. The molecule has 4 rings (SSSR count). The van der Waals surface area contributed by atoms with Crippen LogP contribution in [0.4, 0.5) is 0 Å². The third-order valence-electron chi connectivity index (χ3n) is 6.13. The van der Waals surface area contributed by atoms with Gasteiger partial charge in [-0.1, -0.05) is 85.3 Å². The first-order chi connectivity index (χ1) is 14.9. The Kier molecular flexibility index (Phi) is 6.08. The van der Waals surface area contributed by atoms with Crippen molar-refractivity contribution in [2.24, 2.45) is 5.92 Å². The smallest absolute Gasteiger partial charge is 0.244 e. The number of nitrogens with zero attached hydrogens (tertiary/aromatic N) is 1. The molecule has 0 bridgehead atoms. The zero-order valence-corrected chi connectivity index (χ0v) is 18.6. The summed E-state index contributed by atoms with van der Waals surface area (Å²) < 4.78 is 29.7. The first-order valence-electron chi connectivity index (χ1n) is 10.7. The number of carbonyl (C=O) groups is 1. The quantitative estimate of drug-likeness (QED) is 0.536. The summed E-state index contributed by atoms with van der Waals surface area (Å²) in [6.45, 7) is 3.89. The lowest BCUT2D eigenvalue weighted by Gasteiger charge is -2.44. The predicted molar refractivity (Wildman–Crippen MR) is 122 cm³/mol. The maximum atomic E-state index is 14.0. The average Bonchev–Trinajstić information content (AvgIpc) is 2.79. The third kappa shape index (κ3) is 4.08. The van der Waals surface area contributed by atoms with Crippen molar-refractivity contribution in [2.45, 2.75) is 43.7 Å². The molecule has 0 aromatic heterocycles. The highest BCUT2D eigenvalue weighted by Crippen LogP contribution is 2.47. The molecule has 1 saturated heterocycles. The summed E-state index contributed by atoms with van der Waals surface area (Å²) in [5.41, 5.74) is 2.68. The molecule has 0 N–H and O–H groups in total. The van der Waals surface area contributed by atoms with E-state index in [0.29, 0.717) is 6.42 Å². The molecule has 5 heteroatoms. The fourth-order valence-electron chi connectivity index (χ4n) is 4.55. The van der Waals surface area contributed by atoms with E-state index in [2.05, 4.69) is 0 Å². The maximum Gasteiger partial charge on any atom is 0.244 e. The number of carbonyl (C=O) groups excluding carboxylic acids is 1. The molecule has 160 valence electrons. The van der Waals surface area contributed by atoms with Crippen molar-refractivity contribution in [1.29, 1.82) is 0 Å². The van der Waals surface area contributed by atoms with Gasteiger partial charge < -0.3 is 0 Å². The maximum absolute atomic E-state index is 14.0. The van der Waals surface area contributed by atoms with Gasteiger partial charge in [0.05, 0.1) is 17.0 Å². The largest absolute Gasteiger partial charge is 0.299 e. The molecule has 1 aliphatic rings. The highest BCUT2D eigenvalue weighted by Gasteiger charge is 2.48. The van der Waals surface area contributed by atoms with Crippen LogP contribution in [0.25, 0.3) is 0 Å². The molecule has 3 aromatic carbocycles. The Morgan fingerprint density at radius 1 is 0.839 bits per heavy atom. The Hall–Kier alpha value is -2.76. The normalized spacial score (nSPS) is 22.4. The number of sulfonamides is 1. The topological polar surface area (TPSA) is 54.5 Å². The van der Waals surface area contributed by atoms with Gasteiger partial charge >= 0.3 is 0 Å². The van der Waals surface area contributed by atoms with Crippen LogP contribution in [0.1, 0.15) is 48.5 Å². The summed E-state index contributed by atoms with van der Waals surface area (Å²) in [4.78, 5) is 13.5. The van der Waals surface area contributed by atoms with Crippen molar-refractivity contribution in [2.75, 3.05) is 0 Å². The number of Topliss-reactive ketones (excluding diaryl/α,β-unsaturated/α-hetero) is 1. The molecule has 31 heavy (non-hydrogen) atoms. The predicted octanol–water partition coefficient (Wildman–Crippen LogP) is 5.47. The molecule has 4 nitrogen and oxygen atoms in total. The van der Waals surface area contributed by atoms with Crippen LogP contribution in [0.15, 0.2) is 89.8 Å². The van der Waals surface area contributed by atoms with E-state index < -0.39 is 22.1 Å². The molecule has 0 saturated carbocycles. The lowest BCUT2D eigenvalue weighted by Crippen LogP contribution is -2.48. The Balaban J connectivity index is 1.94. The lowest BCUT2D eigenvalue weighted by atomic mass is 9.79. The van der Waals surface area contributed by atoms with E-state index in [0.717, 1.165) is 16.7 Å². The number of hydrogen-bond donors (Lipinski definition) is 0. The van der Waals surface area contributed by atoms with Crippen molar-refractivity contribution in [3.63, 3.8) is 0 Å². The van der Waals surface area contributed by atoms with Crippen molar-refractivity contribution >= 4 is 15.8 Å². The fraction of sp³-hybridized carbons (Fsp3) is 0.269. The van der Waals surface area contributed by atoms with Gasteiger partial charge in [-0.3, -0.25) is 4.79 Å². The van der Waals surface area contributed by atoms with Crippen LogP contribution < -0.4 is 0 Å². The van der Waals surface area contributed by atoms with Gasteiger partial charge in [0, 0.05) is 12.3 Å². The van der Waals surface area contributed by atoms with Gasteiger partial charge in [-0.15, -0.1) is 0 Å². The Morgan fingerprint density at radius 3 is 1.94 bits per heavy atom.